The average Bonchev–Trinajstić information content (AvgIpc) is 3.36. The molecule has 9 heteroatoms. The standard InChI is InChI=1S/C20H18N4O5/c1-24-19-17(11(9-16(25)21-19)12-7-4-8-27-12)18(23-24)22-20(26)15-10-28-13-5-2-3-6-14(13)29-15/h2-8,11,15H,9-10H2,1H3,(H,21,25)(H,22,23,26)/t11-,15-/m1/s1. The van der Waals surface area contributed by atoms with E-state index in [1.54, 1.807) is 37.6 Å². The Morgan fingerprint density at radius 3 is 2.86 bits per heavy atom. The maximum absolute atomic E-state index is 12.9. The molecule has 0 radical (unpaired) electrons. The maximum Gasteiger partial charge on any atom is 0.270 e. The third-order valence-corrected chi connectivity index (χ3v) is 5.01. The summed E-state index contributed by atoms with van der Waals surface area (Å²) in [6.45, 7) is 0.0935. The van der Waals surface area contributed by atoms with Gasteiger partial charge in [0.15, 0.2) is 17.3 Å². The first kappa shape index (κ1) is 17.4. The molecule has 5 rings (SSSR count). The van der Waals surface area contributed by atoms with Gasteiger partial charge in [0.05, 0.1) is 17.7 Å². The highest BCUT2D eigenvalue weighted by molar-refractivity contribution is 5.99. The van der Waals surface area contributed by atoms with Crippen LogP contribution < -0.4 is 20.1 Å². The minimum Gasteiger partial charge on any atom is -0.485 e. The van der Waals surface area contributed by atoms with Crippen LogP contribution in [0.15, 0.2) is 47.1 Å². The SMILES string of the molecule is Cn1nc(NC(=O)[C@H]2COc3ccccc3O2)c2c1NC(=O)C[C@@H]2c1ccco1. The molecule has 0 saturated carbocycles. The summed E-state index contributed by atoms with van der Waals surface area (Å²) < 4.78 is 18.5. The smallest absolute Gasteiger partial charge is 0.270 e. The summed E-state index contributed by atoms with van der Waals surface area (Å²) in [5.74, 6) is 1.78. The molecule has 2 aromatic heterocycles. The van der Waals surface area contributed by atoms with Crippen molar-refractivity contribution in [2.75, 3.05) is 17.2 Å². The summed E-state index contributed by atoms with van der Waals surface area (Å²) in [7, 11) is 1.70. The number of hydrogen-bond donors (Lipinski definition) is 2. The van der Waals surface area contributed by atoms with Gasteiger partial charge < -0.3 is 24.5 Å². The number of rotatable bonds is 3. The van der Waals surface area contributed by atoms with Crippen LogP contribution >= 0.6 is 0 Å². The Morgan fingerprint density at radius 1 is 1.24 bits per heavy atom. The van der Waals surface area contributed by atoms with Gasteiger partial charge in [-0.25, -0.2) is 0 Å². The number of fused-ring (bicyclic) bond motifs is 2. The molecule has 2 amide bonds. The summed E-state index contributed by atoms with van der Waals surface area (Å²) in [5, 5.41) is 10.0. The molecular formula is C20H18N4O5. The maximum atomic E-state index is 12.9. The number of nitrogens with one attached hydrogen (secondary N) is 2. The Balaban J connectivity index is 1.43. The summed E-state index contributed by atoms with van der Waals surface area (Å²) >= 11 is 0. The third kappa shape index (κ3) is 3.00. The lowest BCUT2D eigenvalue weighted by molar-refractivity contribution is -0.125. The number of amides is 2. The Labute approximate surface area is 165 Å². The first-order chi connectivity index (χ1) is 14.1. The number of benzene rings is 1. The molecule has 0 spiro atoms. The third-order valence-electron chi connectivity index (χ3n) is 5.01. The molecule has 148 valence electrons. The second-order valence-corrected chi connectivity index (χ2v) is 6.91. The fourth-order valence-corrected chi connectivity index (χ4v) is 3.66. The van der Waals surface area contributed by atoms with Crippen LogP contribution in [0, 0.1) is 0 Å². The lowest BCUT2D eigenvalue weighted by Gasteiger charge is -2.26. The van der Waals surface area contributed by atoms with Crippen LogP contribution in [0.4, 0.5) is 11.6 Å². The van der Waals surface area contributed by atoms with E-state index in [1.165, 1.54) is 4.68 Å². The van der Waals surface area contributed by atoms with Gasteiger partial charge in [-0.15, -0.1) is 0 Å². The van der Waals surface area contributed by atoms with Crippen LogP contribution in [0.2, 0.25) is 0 Å². The highest BCUT2D eigenvalue weighted by atomic mass is 16.6. The number of nitrogens with zero attached hydrogens (tertiary/aromatic N) is 2. The van der Waals surface area contributed by atoms with Crippen molar-refractivity contribution in [1.82, 2.24) is 9.78 Å². The van der Waals surface area contributed by atoms with Crippen LogP contribution in [-0.2, 0) is 16.6 Å². The molecule has 2 atom stereocenters. The number of aromatic nitrogens is 2. The average molecular weight is 394 g/mol. The van der Waals surface area contributed by atoms with Crippen LogP contribution in [0.1, 0.15) is 23.7 Å². The lowest BCUT2D eigenvalue weighted by Crippen LogP contribution is -2.40. The van der Waals surface area contributed by atoms with E-state index in [0.717, 1.165) is 0 Å². The van der Waals surface area contributed by atoms with Crippen molar-refractivity contribution in [2.24, 2.45) is 7.05 Å². The first-order valence-corrected chi connectivity index (χ1v) is 9.19. The molecule has 0 saturated heterocycles. The van der Waals surface area contributed by atoms with E-state index in [1.807, 2.05) is 12.1 Å². The summed E-state index contributed by atoms with van der Waals surface area (Å²) in [6, 6.07) is 10.8. The zero-order chi connectivity index (χ0) is 20.0. The molecule has 2 aliphatic rings. The van der Waals surface area contributed by atoms with Crippen molar-refractivity contribution in [1.29, 1.82) is 0 Å². The van der Waals surface area contributed by atoms with Crippen LogP contribution in [0.5, 0.6) is 11.5 Å². The summed E-state index contributed by atoms with van der Waals surface area (Å²) in [5.41, 5.74) is 0.701. The molecule has 4 heterocycles. The molecule has 0 bridgehead atoms. The fraction of sp³-hybridized carbons (Fsp3) is 0.250. The number of aryl methyl sites for hydroxylation is 1. The topological polar surface area (TPSA) is 108 Å². The van der Waals surface area contributed by atoms with Gasteiger partial charge in [0.2, 0.25) is 12.0 Å². The van der Waals surface area contributed by atoms with Gasteiger partial charge in [0.25, 0.3) is 5.91 Å². The van der Waals surface area contributed by atoms with Crippen molar-refractivity contribution in [3.05, 3.63) is 54.0 Å². The van der Waals surface area contributed by atoms with Crippen LogP contribution in [-0.4, -0.2) is 34.3 Å². The number of hydrogen-bond acceptors (Lipinski definition) is 6. The Morgan fingerprint density at radius 2 is 2.07 bits per heavy atom. The normalized spacial score (nSPS) is 20.0. The lowest BCUT2D eigenvalue weighted by atomic mass is 9.91. The van der Waals surface area contributed by atoms with E-state index in [0.29, 0.717) is 34.5 Å². The molecule has 29 heavy (non-hydrogen) atoms. The molecule has 2 N–H and O–H groups in total. The minimum absolute atomic E-state index is 0.0935. The molecular weight excluding hydrogens is 376 g/mol. The molecule has 1 aromatic carbocycles. The first-order valence-electron chi connectivity index (χ1n) is 9.19. The van der Waals surface area contributed by atoms with Crippen molar-refractivity contribution >= 4 is 23.5 Å². The second-order valence-electron chi connectivity index (χ2n) is 6.91. The van der Waals surface area contributed by atoms with Crippen molar-refractivity contribution in [3.8, 4) is 11.5 Å². The van der Waals surface area contributed by atoms with Gasteiger partial charge in [-0.05, 0) is 24.3 Å². The quantitative estimate of drug-likeness (QED) is 0.706. The number of ether oxygens (including phenoxy) is 2. The van der Waals surface area contributed by atoms with Crippen molar-refractivity contribution in [2.45, 2.75) is 18.4 Å². The van der Waals surface area contributed by atoms with E-state index < -0.39 is 6.10 Å². The van der Waals surface area contributed by atoms with Gasteiger partial charge in [-0.2, -0.15) is 5.10 Å². The number of carbonyl (C=O) groups excluding carboxylic acids is 2. The number of furan rings is 1. The number of para-hydroxylation sites is 2. The van der Waals surface area contributed by atoms with Crippen molar-refractivity contribution in [3.63, 3.8) is 0 Å². The molecule has 0 unspecified atom stereocenters. The fourth-order valence-electron chi connectivity index (χ4n) is 3.66. The number of carbonyl (C=O) groups is 2. The predicted molar refractivity (Wildman–Crippen MR) is 102 cm³/mol. The monoisotopic (exact) mass is 394 g/mol. The predicted octanol–water partition coefficient (Wildman–Crippen LogP) is 2.27. The Hall–Kier alpha value is -3.75. The van der Waals surface area contributed by atoms with Gasteiger partial charge >= 0.3 is 0 Å². The molecule has 2 aliphatic heterocycles. The summed E-state index contributed by atoms with van der Waals surface area (Å²) in [6.07, 6.45) is 0.939. The van der Waals surface area contributed by atoms with Gasteiger partial charge in [-0.1, -0.05) is 12.1 Å². The van der Waals surface area contributed by atoms with E-state index in [2.05, 4.69) is 15.7 Å². The van der Waals surface area contributed by atoms with E-state index in [9.17, 15) is 9.59 Å². The van der Waals surface area contributed by atoms with E-state index >= 15 is 0 Å². The highest BCUT2D eigenvalue weighted by Crippen LogP contribution is 2.41. The molecule has 3 aromatic rings. The molecule has 9 nitrogen and oxygen atoms in total. The number of anilines is 2. The summed E-state index contributed by atoms with van der Waals surface area (Å²) in [4.78, 5) is 25.0. The zero-order valence-corrected chi connectivity index (χ0v) is 15.5. The second kappa shape index (κ2) is 6.69. The van der Waals surface area contributed by atoms with Gasteiger partial charge in [0, 0.05) is 13.5 Å². The molecule has 0 aliphatic carbocycles. The Kier molecular flexibility index (Phi) is 4.01. The van der Waals surface area contributed by atoms with Gasteiger partial charge in [-0.3, -0.25) is 14.3 Å². The van der Waals surface area contributed by atoms with E-state index in [4.69, 9.17) is 13.9 Å². The van der Waals surface area contributed by atoms with Crippen LogP contribution in [0.3, 0.4) is 0 Å². The highest BCUT2D eigenvalue weighted by Gasteiger charge is 2.36. The zero-order valence-electron chi connectivity index (χ0n) is 15.5. The Bertz CT molecular complexity index is 1090. The van der Waals surface area contributed by atoms with Gasteiger partial charge in [0.1, 0.15) is 18.2 Å². The van der Waals surface area contributed by atoms with Crippen molar-refractivity contribution < 1.29 is 23.5 Å². The minimum atomic E-state index is -0.817. The van der Waals surface area contributed by atoms with Crippen LogP contribution in [0.25, 0.3) is 0 Å². The molecule has 0 fully saturated rings. The van der Waals surface area contributed by atoms with E-state index in [-0.39, 0.29) is 30.8 Å². The largest absolute Gasteiger partial charge is 0.485 e.